The maximum absolute atomic E-state index is 12.1. The monoisotopic (exact) mass is 397 g/mol. The molecule has 2 aromatic rings. The first-order chi connectivity index (χ1) is 11.0. The van der Waals surface area contributed by atoms with Gasteiger partial charge in [0.1, 0.15) is 0 Å². The fraction of sp³-hybridized carbons (Fsp3) is 0.235. The van der Waals surface area contributed by atoms with Crippen molar-refractivity contribution in [3.8, 4) is 11.5 Å². The van der Waals surface area contributed by atoms with Gasteiger partial charge in [-0.05, 0) is 36.2 Å². The molecule has 0 atom stereocenters. The molecule has 0 bridgehead atoms. The van der Waals surface area contributed by atoms with Crippen LogP contribution < -0.4 is 14.8 Å². The van der Waals surface area contributed by atoms with Crippen molar-refractivity contribution in [2.24, 2.45) is 0 Å². The summed E-state index contributed by atoms with van der Waals surface area (Å²) in [6, 6.07) is 10.9. The topological polar surface area (TPSA) is 47.6 Å². The highest BCUT2D eigenvalue weighted by atomic mass is 79.9. The van der Waals surface area contributed by atoms with Gasteiger partial charge in [0.25, 0.3) is 0 Å². The molecule has 0 heterocycles. The average Bonchev–Trinajstić information content (AvgIpc) is 2.55. The molecule has 0 aliphatic rings. The van der Waals surface area contributed by atoms with Gasteiger partial charge in [0.05, 0.1) is 24.9 Å². The van der Waals surface area contributed by atoms with E-state index in [9.17, 15) is 4.79 Å². The lowest BCUT2D eigenvalue weighted by Crippen LogP contribution is -2.13. The van der Waals surface area contributed by atoms with Gasteiger partial charge in [0, 0.05) is 10.9 Å². The lowest BCUT2D eigenvalue weighted by Gasteiger charge is -2.12. The number of halogens is 2. The van der Waals surface area contributed by atoms with E-state index < -0.39 is 0 Å². The summed E-state index contributed by atoms with van der Waals surface area (Å²) in [4.78, 5) is 12.1. The highest BCUT2D eigenvalue weighted by molar-refractivity contribution is 9.10. The number of carbonyl (C=O) groups is 1. The van der Waals surface area contributed by atoms with Crippen molar-refractivity contribution in [3.63, 3.8) is 0 Å². The van der Waals surface area contributed by atoms with Crippen molar-refractivity contribution in [2.75, 3.05) is 19.5 Å². The fourth-order valence-electron chi connectivity index (χ4n) is 2.20. The number of rotatable bonds is 6. The van der Waals surface area contributed by atoms with Gasteiger partial charge in [-0.2, -0.15) is 0 Å². The van der Waals surface area contributed by atoms with Crippen LogP contribution in [0.25, 0.3) is 0 Å². The third kappa shape index (κ3) is 4.62. The molecule has 0 saturated heterocycles. The normalized spacial score (nSPS) is 10.3. The molecule has 0 aliphatic heterocycles. The molecule has 0 aliphatic carbocycles. The van der Waals surface area contributed by atoms with Crippen molar-refractivity contribution in [3.05, 3.63) is 51.5 Å². The van der Waals surface area contributed by atoms with Crippen LogP contribution in [0.1, 0.15) is 12.0 Å². The zero-order chi connectivity index (χ0) is 16.8. The van der Waals surface area contributed by atoms with Gasteiger partial charge in [0.2, 0.25) is 5.91 Å². The lowest BCUT2D eigenvalue weighted by molar-refractivity contribution is -0.116. The summed E-state index contributed by atoms with van der Waals surface area (Å²) >= 11 is 9.43. The molecule has 2 aromatic carbocycles. The third-order valence-electron chi connectivity index (χ3n) is 3.31. The van der Waals surface area contributed by atoms with E-state index >= 15 is 0 Å². The minimum absolute atomic E-state index is 0.112. The second kappa shape index (κ2) is 8.22. The molecule has 6 heteroatoms. The lowest BCUT2D eigenvalue weighted by atomic mass is 10.1. The van der Waals surface area contributed by atoms with E-state index in [0.717, 1.165) is 10.0 Å². The summed E-state index contributed by atoms with van der Waals surface area (Å²) in [5.74, 6) is 1.20. The zero-order valence-electron chi connectivity index (χ0n) is 12.9. The Balaban J connectivity index is 2.02. The number of para-hydroxylation sites is 1. The van der Waals surface area contributed by atoms with E-state index in [4.69, 9.17) is 21.1 Å². The highest BCUT2D eigenvalue weighted by Gasteiger charge is 2.12. The maximum Gasteiger partial charge on any atom is 0.224 e. The molecule has 0 saturated carbocycles. The Morgan fingerprint density at radius 3 is 2.65 bits per heavy atom. The summed E-state index contributed by atoms with van der Waals surface area (Å²) in [5.41, 5.74) is 1.52. The first-order valence-electron chi connectivity index (χ1n) is 7.00. The van der Waals surface area contributed by atoms with E-state index in [1.165, 1.54) is 0 Å². The second-order valence-corrected chi connectivity index (χ2v) is 6.15. The number of anilines is 1. The van der Waals surface area contributed by atoms with Crippen molar-refractivity contribution >= 4 is 39.1 Å². The number of hydrogen-bond acceptors (Lipinski definition) is 3. The van der Waals surface area contributed by atoms with Crippen LogP contribution in [0.4, 0.5) is 5.69 Å². The predicted octanol–water partition coefficient (Wildman–Crippen LogP) is 4.69. The first-order valence-corrected chi connectivity index (χ1v) is 8.17. The van der Waals surface area contributed by atoms with Crippen LogP contribution in [0.15, 0.2) is 40.9 Å². The van der Waals surface area contributed by atoms with Crippen molar-refractivity contribution in [1.29, 1.82) is 0 Å². The molecule has 4 nitrogen and oxygen atoms in total. The van der Waals surface area contributed by atoms with Crippen molar-refractivity contribution in [2.45, 2.75) is 12.8 Å². The Labute approximate surface area is 148 Å². The molecule has 122 valence electrons. The Bertz CT molecular complexity index is 706. The molecular formula is C17H17BrClNO3. The SMILES string of the molecule is COc1cccc(CCC(=O)Nc2ccc(Br)cc2Cl)c1OC. The van der Waals surface area contributed by atoms with Gasteiger partial charge >= 0.3 is 0 Å². The van der Waals surface area contributed by atoms with Crippen LogP contribution in [0.3, 0.4) is 0 Å². The van der Waals surface area contributed by atoms with Crippen LogP contribution in [-0.4, -0.2) is 20.1 Å². The molecule has 23 heavy (non-hydrogen) atoms. The zero-order valence-corrected chi connectivity index (χ0v) is 15.2. The van der Waals surface area contributed by atoms with E-state index in [1.807, 2.05) is 24.3 Å². The van der Waals surface area contributed by atoms with E-state index in [0.29, 0.717) is 35.1 Å². The molecule has 0 radical (unpaired) electrons. The molecular weight excluding hydrogens is 382 g/mol. The first kappa shape index (κ1) is 17.6. The van der Waals surface area contributed by atoms with Gasteiger partial charge in [-0.25, -0.2) is 0 Å². The second-order valence-electron chi connectivity index (χ2n) is 4.82. The summed E-state index contributed by atoms with van der Waals surface area (Å²) in [6.07, 6.45) is 0.857. The summed E-state index contributed by atoms with van der Waals surface area (Å²) in [7, 11) is 3.17. The molecule has 0 aromatic heterocycles. The number of ether oxygens (including phenoxy) is 2. The standard InChI is InChI=1S/C17H17BrClNO3/c1-22-15-5-3-4-11(17(15)23-2)6-9-16(21)20-14-8-7-12(18)10-13(14)19/h3-5,7-8,10H,6,9H2,1-2H3,(H,20,21). The number of hydrogen-bond donors (Lipinski definition) is 1. The van der Waals surface area contributed by atoms with Crippen LogP contribution in [0.5, 0.6) is 11.5 Å². The molecule has 0 spiro atoms. The Morgan fingerprint density at radius 1 is 1.22 bits per heavy atom. The van der Waals surface area contributed by atoms with Gasteiger partial charge in [-0.3, -0.25) is 4.79 Å². The number of nitrogens with one attached hydrogen (secondary N) is 1. The minimum atomic E-state index is -0.112. The van der Waals surface area contributed by atoms with Gasteiger partial charge in [-0.1, -0.05) is 39.7 Å². The maximum atomic E-state index is 12.1. The number of methoxy groups -OCH3 is 2. The number of carbonyl (C=O) groups excluding carboxylic acids is 1. The van der Waals surface area contributed by atoms with Crippen molar-refractivity contribution in [1.82, 2.24) is 0 Å². The average molecular weight is 399 g/mol. The van der Waals surface area contributed by atoms with Crippen LogP contribution in [0, 0.1) is 0 Å². The minimum Gasteiger partial charge on any atom is -0.493 e. The summed E-state index contributed by atoms with van der Waals surface area (Å²) in [5, 5.41) is 3.30. The molecule has 1 N–H and O–H groups in total. The van der Waals surface area contributed by atoms with Gasteiger partial charge < -0.3 is 14.8 Å². The molecule has 0 fully saturated rings. The largest absolute Gasteiger partial charge is 0.493 e. The third-order valence-corrected chi connectivity index (χ3v) is 4.12. The number of amides is 1. The quantitative estimate of drug-likeness (QED) is 0.768. The number of aryl methyl sites for hydroxylation is 1. The van der Waals surface area contributed by atoms with Crippen molar-refractivity contribution < 1.29 is 14.3 Å². The summed E-state index contributed by atoms with van der Waals surface area (Å²) in [6.45, 7) is 0. The van der Waals surface area contributed by atoms with Crippen LogP contribution in [-0.2, 0) is 11.2 Å². The predicted molar refractivity (Wildman–Crippen MR) is 95.6 cm³/mol. The van der Waals surface area contributed by atoms with E-state index in [2.05, 4.69) is 21.2 Å². The van der Waals surface area contributed by atoms with Gasteiger partial charge in [0.15, 0.2) is 11.5 Å². The molecule has 0 unspecified atom stereocenters. The number of benzene rings is 2. The van der Waals surface area contributed by atoms with E-state index in [1.54, 1.807) is 26.4 Å². The molecule has 1 amide bonds. The van der Waals surface area contributed by atoms with E-state index in [-0.39, 0.29) is 5.91 Å². The fourth-order valence-corrected chi connectivity index (χ4v) is 2.92. The Kier molecular flexibility index (Phi) is 6.30. The Morgan fingerprint density at radius 2 is 2.00 bits per heavy atom. The Hall–Kier alpha value is -1.72. The smallest absolute Gasteiger partial charge is 0.224 e. The van der Waals surface area contributed by atoms with Gasteiger partial charge in [-0.15, -0.1) is 0 Å². The highest BCUT2D eigenvalue weighted by Crippen LogP contribution is 2.31. The summed E-state index contributed by atoms with van der Waals surface area (Å²) < 4.78 is 11.5. The van der Waals surface area contributed by atoms with Crippen LogP contribution in [0.2, 0.25) is 5.02 Å². The molecule has 2 rings (SSSR count). The van der Waals surface area contributed by atoms with Crippen LogP contribution >= 0.6 is 27.5 Å².